The zero-order chi connectivity index (χ0) is 34.8. The normalized spacial score (nSPS) is 14.0. The molecule has 1 aromatic heterocycles. The smallest absolute Gasteiger partial charge is 0.390 e. The molecule has 2 amide bonds. The van der Waals surface area contributed by atoms with Gasteiger partial charge in [0.25, 0.3) is 5.91 Å². The first-order chi connectivity index (χ1) is 22.1. The molecule has 258 valence electrons. The van der Waals surface area contributed by atoms with Crippen LogP contribution < -0.4 is 16.0 Å². The average molecular weight is 688 g/mol. The van der Waals surface area contributed by atoms with Crippen LogP contribution in [0.4, 0.5) is 22.0 Å². The maximum atomic E-state index is 14.0. The Bertz CT molecular complexity index is 1600. The van der Waals surface area contributed by atoms with Crippen molar-refractivity contribution in [3.8, 4) is 0 Å². The first-order valence-electron chi connectivity index (χ1n) is 14.9. The van der Waals surface area contributed by atoms with Crippen molar-refractivity contribution in [1.29, 1.82) is 0 Å². The van der Waals surface area contributed by atoms with Gasteiger partial charge in [0.05, 0.1) is 29.2 Å². The van der Waals surface area contributed by atoms with Gasteiger partial charge in [-0.1, -0.05) is 31.5 Å². The highest BCUT2D eigenvalue weighted by Crippen LogP contribution is 2.29. The zero-order valence-corrected chi connectivity index (χ0v) is 26.6. The molecular weight excluding hydrogens is 649 g/mol. The van der Waals surface area contributed by atoms with E-state index in [4.69, 9.17) is 0 Å². The van der Waals surface area contributed by atoms with Crippen molar-refractivity contribution in [3.63, 3.8) is 0 Å². The van der Waals surface area contributed by atoms with Crippen LogP contribution in [0.2, 0.25) is 0 Å². The first-order valence-corrected chi connectivity index (χ1v) is 16.7. The Morgan fingerprint density at radius 1 is 1.00 bits per heavy atom. The van der Waals surface area contributed by atoms with E-state index < -0.39 is 69.0 Å². The number of aliphatic hydroxyl groups excluding tert-OH is 1. The maximum absolute atomic E-state index is 14.0. The number of H-pyrrole nitrogens is 1. The third kappa shape index (κ3) is 12.3. The number of aromatic amines is 1. The van der Waals surface area contributed by atoms with Crippen LogP contribution in [0.1, 0.15) is 59.1 Å². The largest absolute Gasteiger partial charge is 0.416 e. The number of hydrogen-bond acceptors (Lipinski definition) is 7. The van der Waals surface area contributed by atoms with E-state index in [0.29, 0.717) is 24.6 Å². The summed E-state index contributed by atoms with van der Waals surface area (Å²) in [5, 5.41) is 25.4. The van der Waals surface area contributed by atoms with Crippen LogP contribution in [-0.2, 0) is 33.8 Å². The number of halogens is 5. The van der Waals surface area contributed by atoms with E-state index >= 15 is 0 Å². The Morgan fingerprint density at radius 3 is 2.32 bits per heavy atom. The lowest BCUT2D eigenvalue weighted by molar-refractivity contribution is -0.137. The van der Waals surface area contributed by atoms with Crippen LogP contribution in [0.3, 0.4) is 0 Å². The first kappa shape index (κ1) is 37.6. The molecule has 0 radical (unpaired) electrons. The van der Waals surface area contributed by atoms with Crippen LogP contribution >= 0.6 is 0 Å². The summed E-state index contributed by atoms with van der Waals surface area (Å²) in [5.74, 6) is -4.01. The predicted octanol–water partition coefficient (Wildman–Crippen LogP) is 3.60. The number of carbonyl (C=O) groups is 2. The summed E-state index contributed by atoms with van der Waals surface area (Å²) < 4.78 is 92.5. The van der Waals surface area contributed by atoms with Gasteiger partial charge in [0.2, 0.25) is 5.91 Å². The molecule has 3 rings (SSSR count). The molecule has 0 spiro atoms. The fourth-order valence-electron chi connectivity index (χ4n) is 4.71. The number of rotatable bonds is 17. The number of aliphatic hydroxyl groups is 1. The Morgan fingerprint density at radius 2 is 1.70 bits per heavy atom. The lowest BCUT2D eigenvalue weighted by Gasteiger charge is -2.27. The van der Waals surface area contributed by atoms with Crippen molar-refractivity contribution >= 4 is 21.7 Å². The number of nitrogens with zero attached hydrogens (tertiary/aromatic N) is 1. The van der Waals surface area contributed by atoms with Crippen molar-refractivity contribution in [3.05, 3.63) is 88.2 Å². The SMILES string of the molecule is CCCCS(=O)(=O)CC[C@@H](NC(=O)c1cc(C)[nH]n1)C(=O)N[C@@H](Cc1cc(F)cc(F)c1)[C@H](O)CNCc1cccc(C(F)(F)F)c1. The molecule has 3 aromatic rings. The number of alkyl halides is 3. The molecule has 47 heavy (non-hydrogen) atoms. The number of hydrogen-bond donors (Lipinski definition) is 5. The monoisotopic (exact) mass is 687 g/mol. The van der Waals surface area contributed by atoms with Crippen molar-refractivity contribution < 1.29 is 45.1 Å². The molecule has 0 bridgehead atoms. The molecule has 10 nitrogen and oxygen atoms in total. The fourth-order valence-corrected chi connectivity index (χ4v) is 6.24. The standard InChI is InChI=1S/C31H38F5N5O5S/c1-3-4-9-47(45,46)10-8-25(38-30(44)27-11-19(2)40-41-27)29(43)39-26(15-21-13-23(32)16-24(33)14-21)28(42)18-37-17-20-6-5-7-22(12-20)31(34,35)36/h5-7,11-14,16,25-26,28,37,42H,3-4,8-10,15,17-18H2,1-2H3,(H,38,44)(H,39,43)(H,40,41)/t25-,26+,28-/m1/s1. The van der Waals surface area contributed by atoms with E-state index in [1.165, 1.54) is 18.2 Å². The predicted molar refractivity (Wildman–Crippen MR) is 164 cm³/mol. The number of sulfone groups is 1. The van der Waals surface area contributed by atoms with Gasteiger partial charge in [0.1, 0.15) is 33.2 Å². The van der Waals surface area contributed by atoms with Gasteiger partial charge in [0, 0.05) is 24.8 Å². The maximum Gasteiger partial charge on any atom is 0.416 e. The van der Waals surface area contributed by atoms with Crippen molar-refractivity contribution in [2.24, 2.45) is 0 Å². The van der Waals surface area contributed by atoms with Crippen LogP contribution in [0, 0.1) is 18.6 Å². The summed E-state index contributed by atoms with van der Waals surface area (Å²) >= 11 is 0. The van der Waals surface area contributed by atoms with Gasteiger partial charge >= 0.3 is 6.18 Å². The molecule has 0 fully saturated rings. The number of unbranched alkanes of at least 4 members (excludes halogenated alkanes) is 1. The molecule has 5 N–H and O–H groups in total. The van der Waals surface area contributed by atoms with E-state index in [-0.39, 0.29) is 48.5 Å². The minimum absolute atomic E-state index is 0.0558. The Kier molecular flexibility index (Phi) is 13.4. The lowest BCUT2D eigenvalue weighted by atomic mass is 9.99. The van der Waals surface area contributed by atoms with Crippen molar-refractivity contribution in [1.82, 2.24) is 26.1 Å². The van der Waals surface area contributed by atoms with E-state index in [2.05, 4.69) is 26.1 Å². The summed E-state index contributed by atoms with van der Waals surface area (Å²) in [4.78, 5) is 26.5. The summed E-state index contributed by atoms with van der Waals surface area (Å²) in [6.07, 6.45) is -5.58. The summed E-state index contributed by atoms with van der Waals surface area (Å²) in [6.45, 7) is 3.11. The molecule has 1 heterocycles. The zero-order valence-electron chi connectivity index (χ0n) is 25.8. The molecule has 2 aromatic carbocycles. The Labute approximate surface area is 269 Å². The van der Waals surface area contributed by atoms with Crippen LogP contribution in [0.5, 0.6) is 0 Å². The third-order valence-corrected chi connectivity index (χ3v) is 8.96. The van der Waals surface area contributed by atoms with Crippen molar-refractivity contribution in [2.45, 2.75) is 70.4 Å². The average Bonchev–Trinajstić information content (AvgIpc) is 3.43. The van der Waals surface area contributed by atoms with Crippen molar-refractivity contribution in [2.75, 3.05) is 18.1 Å². The second-order valence-electron chi connectivity index (χ2n) is 11.2. The Hall–Kier alpha value is -3.89. The number of amides is 2. The molecule has 0 unspecified atom stereocenters. The summed E-state index contributed by atoms with van der Waals surface area (Å²) in [6, 6.07) is 5.97. The topological polar surface area (TPSA) is 153 Å². The second kappa shape index (κ2) is 16.8. The van der Waals surface area contributed by atoms with Gasteiger partial charge in [-0.2, -0.15) is 18.3 Å². The Balaban J connectivity index is 1.81. The number of carbonyl (C=O) groups excluding carboxylic acids is 2. The van der Waals surface area contributed by atoms with E-state index in [1.54, 1.807) is 6.92 Å². The number of benzene rings is 2. The fraction of sp³-hybridized carbons (Fsp3) is 0.452. The highest BCUT2D eigenvalue weighted by atomic mass is 32.2. The third-order valence-electron chi connectivity index (χ3n) is 7.19. The van der Waals surface area contributed by atoms with E-state index in [9.17, 15) is 45.1 Å². The quantitative estimate of drug-likeness (QED) is 0.136. The van der Waals surface area contributed by atoms with Crippen LogP contribution in [0.15, 0.2) is 48.5 Å². The van der Waals surface area contributed by atoms with E-state index in [0.717, 1.165) is 24.3 Å². The molecule has 0 saturated carbocycles. The molecular formula is C31H38F5N5O5S. The van der Waals surface area contributed by atoms with Crippen LogP contribution in [0.25, 0.3) is 0 Å². The van der Waals surface area contributed by atoms with E-state index in [1.807, 2.05) is 6.92 Å². The minimum Gasteiger partial charge on any atom is -0.390 e. The summed E-state index contributed by atoms with van der Waals surface area (Å²) in [7, 11) is -3.59. The molecule has 0 aliphatic rings. The van der Waals surface area contributed by atoms with Gasteiger partial charge in [-0.3, -0.25) is 14.7 Å². The number of nitrogens with one attached hydrogen (secondary N) is 4. The minimum atomic E-state index is -4.55. The van der Waals surface area contributed by atoms with Gasteiger partial charge in [-0.05, 0) is 61.6 Å². The highest BCUT2D eigenvalue weighted by molar-refractivity contribution is 7.91. The number of aromatic nitrogens is 2. The van der Waals surface area contributed by atoms with Gasteiger partial charge in [-0.25, -0.2) is 17.2 Å². The molecule has 0 aliphatic heterocycles. The molecule has 0 aliphatic carbocycles. The molecule has 0 saturated heterocycles. The van der Waals surface area contributed by atoms with Gasteiger partial charge in [-0.15, -0.1) is 0 Å². The van der Waals surface area contributed by atoms with Gasteiger partial charge in [0.15, 0.2) is 0 Å². The molecule has 16 heteroatoms. The van der Waals surface area contributed by atoms with Gasteiger partial charge < -0.3 is 21.1 Å². The van der Waals surface area contributed by atoms with Crippen LogP contribution in [-0.4, -0.2) is 71.8 Å². The second-order valence-corrected chi connectivity index (χ2v) is 13.6. The summed E-state index contributed by atoms with van der Waals surface area (Å²) in [5.41, 5.74) is -0.0217. The highest BCUT2D eigenvalue weighted by Gasteiger charge is 2.31. The lowest BCUT2D eigenvalue weighted by Crippen LogP contribution is -2.55. The number of aryl methyl sites for hydroxylation is 1. The molecule has 3 atom stereocenters.